The van der Waals surface area contributed by atoms with Gasteiger partial charge in [0.2, 0.25) is 0 Å². The van der Waals surface area contributed by atoms with Gasteiger partial charge in [0.15, 0.2) is 0 Å². The molecule has 2 aromatic rings. The molecule has 1 aromatic carbocycles. The second kappa shape index (κ2) is 10.1. The van der Waals surface area contributed by atoms with E-state index in [0.29, 0.717) is 42.5 Å². The largest absolute Gasteiger partial charge is 0.352 e. The Morgan fingerprint density at radius 3 is 2.42 bits per heavy atom. The van der Waals surface area contributed by atoms with E-state index in [9.17, 15) is 14.0 Å². The molecule has 0 saturated heterocycles. The Labute approximate surface area is 161 Å². The van der Waals surface area contributed by atoms with Crippen LogP contribution in [0.4, 0.5) is 9.18 Å². The van der Waals surface area contributed by atoms with E-state index >= 15 is 0 Å². The van der Waals surface area contributed by atoms with Crippen molar-refractivity contribution >= 4 is 34.9 Å². The van der Waals surface area contributed by atoms with Gasteiger partial charge in [-0.3, -0.25) is 4.79 Å². The van der Waals surface area contributed by atoms with Crippen LogP contribution in [0.5, 0.6) is 0 Å². The summed E-state index contributed by atoms with van der Waals surface area (Å²) in [4.78, 5) is 26.8. The standard InChI is InChI=1S/C18H21ClFN3O2S/c1-2-23(12-15-8-9-16(19)26-15)18(25)22-11-3-10-21-17(24)13-4-6-14(20)7-5-13/h4-9H,2-3,10-12H2,1H3,(H,21,24)(H,22,25). The summed E-state index contributed by atoms with van der Waals surface area (Å²) in [5.41, 5.74) is 0.405. The van der Waals surface area contributed by atoms with Gasteiger partial charge in [-0.1, -0.05) is 11.6 Å². The zero-order valence-corrected chi connectivity index (χ0v) is 16.0. The van der Waals surface area contributed by atoms with Gasteiger partial charge >= 0.3 is 6.03 Å². The summed E-state index contributed by atoms with van der Waals surface area (Å²) in [5.74, 6) is -0.643. The molecule has 1 aromatic heterocycles. The Morgan fingerprint density at radius 2 is 1.81 bits per heavy atom. The van der Waals surface area contributed by atoms with Crippen molar-refractivity contribution in [2.45, 2.75) is 19.9 Å². The second-order valence-corrected chi connectivity index (χ2v) is 7.37. The van der Waals surface area contributed by atoms with Crippen molar-refractivity contribution in [2.24, 2.45) is 0 Å². The quantitative estimate of drug-likeness (QED) is 0.664. The van der Waals surface area contributed by atoms with Gasteiger partial charge < -0.3 is 15.5 Å². The van der Waals surface area contributed by atoms with Crippen LogP contribution in [0.25, 0.3) is 0 Å². The van der Waals surface area contributed by atoms with E-state index in [1.807, 2.05) is 19.1 Å². The summed E-state index contributed by atoms with van der Waals surface area (Å²) >= 11 is 7.36. The lowest BCUT2D eigenvalue weighted by Crippen LogP contribution is -2.40. The lowest BCUT2D eigenvalue weighted by atomic mass is 10.2. The van der Waals surface area contributed by atoms with Crippen molar-refractivity contribution in [1.82, 2.24) is 15.5 Å². The number of amides is 3. The summed E-state index contributed by atoms with van der Waals surface area (Å²) in [6, 6.07) is 8.93. The minimum absolute atomic E-state index is 0.151. The predicted molar refractivity (Wildman–Crippen MR) is 102 cm³/mol. The van der Waals surface area contributed by atoms with Crippen molar-refractivity contribution in [1.29, 1.82) is 0 Å². The molecule has 5 nitrogen and oxygen atoms in total. The zero-order chi connectivity index (χ0) is 18.9. The number of carbonyl (C=O) groups excluding carboxylic acids is 2. The van der Waals surface area contributed by atoms with Crippen molar-refractivity contribution in [3.8, 4) is 0 Å². The fourth-order valence-corrected chi connectivity index (χ4v) is 3.36. The van der Waals surface area contributed by atoms with Crippen molar-refractivity contribution < 1.29 is 14.0 Å². The predicted octanol–water partition coefficient (Wildman–Crippen LogP) is 3.89. The van der Waals surface area contributed by atoms with Crippen molar-refractivity contribution in [3.63, 3.8) is 0 Å². The van der Waals surface area contributed by atoms with Crippen LogP contribution in [-0.2, 0) is 6.54 Å². The highest BCUT2D eigenvalue weighted by molar-refractivity contribution is 7.16. The summed E-state index contributed by atoms with van der Waals surface area (Å²) in [5, 5.41) is 5.58. The van der Waals surface area contributed by atoms with Gasteiger partial charge in [0.05, 0.1) is 10.9 Å². The smallest absolute Gasteiger partial charge is 0.317 e. The summed E-state index contributed by atoms with van der Waals surface area (Å²) in [6.45, 7) is 3.88. The van der Waals surface area contributed by atoms with Gasteiger partial charge in [0.25, 0.3) is 5.91 Å². The molecule has 0 aliphatic rings. The molecular weight excluding hydrogens is 377 g/mol. The SMILES string of the molecule is CCN(Cc1ccc(Cl)s1)C(=O)NCCCNC(=O)c1ccc(F)cc1. The number of nitrogens with zero attached hydrogens (tertiary/aromatic N) is 1. The molecule has 0 saturated carbocycles. The minimum Gasteiger partial charge on any atom is -0.352 e. The van der Waals surface area contributed by atoms with Gasteiger partial charge in [-0.15, -0.1) is 11.3 Å². The van der Waals surface area contributed by atoms with Gasteiger partial charge in [0.1, 0.15) is 5.82 Å². The highest BCUT2D eigenvalue weighted by Crippen LogP contribution is 2.22. The number of nitrogens with one attached hydrogen (secondary N) is 2. The van der Waals surface area contributed by atoms with Gasteiger partial charge in [0, 0.05) is 30.1 Å². The molecule has 26 heavy (non-hydrogen) atoms. The molecule has 2 rings (SSSR count). The molecule has 0 unspecified atom stereocenters. The van der Waals surface area contributed by atoms with Crippen LogP contribution in [0.3, 0.4) is 0 Å². The monoisotopic (exact) mass is 397 g/mol. The fraction of sp³-hybridized carbons (Fsp3) is 0.333. The maximum absolute atomic E-state index is 12.8. The van der Waals surface area contributed by atoms with E-state index in [2.05, 4.69) is 10.6 Å². The van der Waals surface area contributed by atoms with Gasteiger partial charge in [-0.25, -0.2) is 9.18 Å². The van der Waals surface area contributed by atoms with E-state index in [0.717, 1.165) is 4.88 Å². The maximum Gasteiger partial charge on any atom is 0.317 e. The highest BCUT2D eigenvalue weighted by Gasteiger charge is 2.12. The van der Waals surface area contributed by atoms with E-state index in [1.165, 1.54) is 35.6 Å². The molecule has 0 bridgehead atoms. The topological polar surface area (TPSA) is 61.4 Å². The number of rotatable bonds is 8. The number of carbonyl (C=O) groups is 2. The summed E-state index contributed by atoms with van der Waals surface area (Å²) in [7, 11) is 0. The van der Waals surface area contributed by atoms with Gasteiger partial charge in [-0.2, -0.15) is 0 Å². The molecule has 0 spiro atoms. The molecule has 0 aliphatic carbocycles. The Balaban J connectivity index is 1.67. The molecule has 0 fully saturated rings. The zero-order valence-electron chi connectivity index (χ0n) is 14.4. The first kappa shape index (κ1) is 20.2. The Kier molecular flexibility index (Phi) is 7.87. The fourth-order valence-electron chi connectivity index (χ4n) is 2.25. The minimum atomic E-state index is -0.380. The van der Waals surface area contributed by atoms with E-state index in [4.69, 9.17) is 11.6 Å². The van der Waals surface area contributed by atoms with E-state index in [1.54, 1.807) is 4.90 Å². The number of urea groups is 1. The third-order valence-electron chi connectivity index (χ3n) is 3.67. The molecule has 0 aliphatic heterocycles. The summed E-state index contributed by atoms with van der Waals surface area (Å²) in [6.07, 6.45) is 0.598. The lowest BCUT2D eigenvalue weighted by Gasteiger charge is -2.20. The average molecular weight is 398 g/mol. The molecule has 140 valence electrons. The first-order valence-corrected chi connectivity index (χ1v) is 9.49. The molecule has 3 amide bonds. The third-order valence-corrected chi connectivity index (χ3v) is 4.88. The van der Waals surface area contributed by atoms with Crippen molar-refractivity contribution in [2.75, 3.05) is 19.6 Å². The van der Waals surface area contributed by atoms with Gasteiger partial charge in [-0.05, 0) is 49.7 Å². The molecular formula is C18H21ClFN3O2S. The van der Waals surface area contributed by atoms with Crippen LogP contribution in [0.1, 0.15) is 28.6 Å². The third kappa shape index (κ3) is 6.31. The van der Waals surface area contributed by atoms with Crippen LogP contribution < -0.4 is 10.6 Å². The van der Waals surface area contributed by atoms with Crippen LogP contribution in [0.2, 0.25) is 4.34 Å². The first-order chi connectivity index (χ1) is 12.5. The number of hydrogen-bond acceptors (Lipinski definition) is 3. The molecule has 1 heterocycles. The Bertz CT molecular complexity index is 736. The van der Waals surface area contributed by atoms with Crippen molar-refractivity contribution in [3.05, 3.63) is 57.0 Å². The molecule has 0 atom stereocenters. The van der Waals surface area contributed by atoms with Crippen LogP contribution >= 0.6 is 22.9 Å². The molecule has 2 N–H and O–H groups in total. The molecule has 8 heteroatoms. The number of benzene rings is 1. The maximum atomic E-state index is 12.8. The van der Waals surface area contributed by atoms with Crippen LogP contribution in [0, 0.1) is 5.82 Å². The number of halogens is 2. The first-order valence-electron chi connectivity index (χ1n) is 8.30. The van der Waals surface area contributed by atoms with E-state index in [-0.39, 0.29) is 17.8 Å². The summed E-state index contributed by atoms with van der Waals surface area (Å²) < 4.78 is 13.5. The second-order valence-electron chi connectivity index (χ2n) is 5.57. The Morgan fingerprint density at radius 1 is 1.12 bits per heavy atom. The normalized spacial score (nSPS) is 10.4. The van der Waals surface area contributed by atoms with Crippen LogP contribution in [-0.4, -0.2) is 36.5 Å². The molecule has 0 radical (unpaired) electrons. The number of thiophene rings is 1. The van der Waals surface area contributed by atoms with Crippen LogP contribution in [0.15, 0.2) is 36.4 Å². The van der Waals surface area contributed by atoms with E-state index < -0.39 is 0 Å². The highest BCUT2D eigenvalue weighted by atomic mass is 35.5. The Hall–Kier alpha value is -2.12. The average Bonchev–Trinajstić information content (AvgIpc) is 3.04. The number of hydrogen-bond donors (Lipinski definition) is 2. The lowest BCUT2D eigenvalue weighted by molar-refractivity contribution is 0.0953.